The molecule has 0 aliphatic heterocycles. The quantitative estimate of drug-likeness (QED) is 0.376. The summed E-state index contributed by atoms with van der Waals surface area (Å²) < 4.78 is 11.8. The lowest BCUT2D eigenvalue weighted by Crippen LogP contribution is -2.28. The monoisotopic (exact) mass is 444 g/mol. The number of nitrogens with one attached hydrogen (secondary N) is 1. The topological polar surface area (TPSA) is 69.2 Å². The lowest BCUT2D eigenvalue weighted by atomic mass is 10.1. The lowest BCUT2D eigenvalue weighted by Gasteiger charge is -2.15. The SMILES string of the molecule is CNC(=O)C(=NOC)c1ccccc1Oc1cc(Oc2ccccc2)c(Cl)cc1Cl. The van der Waals surface area contributed by atoms with Crippen LogP contribution in [0.1, 0.15) is 5.56 Å². The van der Waals surface area contributed by atoms with Gasteiger partial charge in [0.1, 0.15) is 30.1 Å². The van der Waals surface area contributed by atoms with Crippen molar-refractivity contribution >= 4 is 34.8 Å². The van der Waals surface area contributed by atoms with Crippen LogP contribution < -0.4 is 14.8 Å². The predicted octanol–water partition coefficient (Wildman–Crippen LogP) is 5.67. The molecule has 3 aromatic carbocycles. The summed E-state index contributed by atoms with van der Waals surface area (Å²) in [6, 6.07) is 19.2. The van der Waals surface area contributed by atoms with E-state index in [1.165, 1.54) is 20.2 Å². The second kappa shape index (κ2) is 10.0. The number of hydrogen-bond donors (Lipinski definition) is 1. The Kier molecular flexibility index (Phi) is 7.17. The van der Waals surface area contributed by atoms with Crippen LogP contribution in [0.3, 0.4) is 0 Å². The van der Waals surface area contributed by atoms with Gasteiger partial charge in [0.25, 0.3) is 5.91 Å². The molecule has 0 atom stereocenters. The second-order valence-corrected chi connectivity index (χ2v) is 6.74. The highest BCUT2D eigenvalue weighted by atomic mass is 35.5. The van der Waals surface area contributed by atoms with Gasteiger partial charge in [0.15, 0.2) is 5.71 Å². The predicted molar refractivity (Wildman–Crippen MR) is 117 cm³/mol. The van der Waals surface area contributed by atoms with Gasteiger partial charge in [-0.2, -0.15) is 0 Å². The van der Waals surface area contributed by atoms with Crippen molar-refractivity contribution in [2.24, 2.45) is 5.16 Å². The summed E-state index contributed by atoms with van der Waals surface area (Å²) in [6.07, 6.45) is 0. The van der Waals surface area contributed by atoms with Crippen LogP contribution in [0.4, 0.5) is 0 Å². The van der Waals surface area contributed by atoms with Gasteiger partial charge in [0.05, 0.1) is 15.6 Å². The molecule has 0 unspecified atom stereocenters. The van der Waals surface area contributed by atoms with Gasteiger partial charge in [-0.1, -0.05) is 58.7 Å². The highest BCUT2D eigenvalue weighted by molar-refractivity contribution is 6.45. The number of amides is 1. The Bertz CT molecular complexity index is 1070. The van der Waals surface area contributed by atoms with Crippen molar-refractivity contribution in [2.45, 2.75) is 0 Å². The minimum Gasteiger partial charge on any atom is -0.456 e. The Morgan fingerprint density at radius 1 is 0.867 bits per heavy atom. The molecule has 0 bridgehead atoms. The molecule has 1 N–H and O–H groups in total. The van der Waals surface area contributed by atoms with E-state index in [2.05, 4.69) is 10.5 Å². The largest absolute Gasteiger partial charge is 0.456 e. The Morgan fingerprint density at radius 3 is 2.17 bits per heavy atom. The van der Waals surface area contributed by atoms with Crippen LogP contribution in [0.25, 0.3) is 0 Å². The second-order valence-electron chi connectivity index (χ2n) is 5.93. The van der Waals surface area contributed by atoms with Crippen LogP contribution in [-0.2, 0) is 9.63 Å². The first-order valence-corrected chi connectivity index (χ1v) is 9.61. The van der Waals surface area contributed by atoms with Gasteiger partial charge in [-0.25, -0.2) is 0 Å². The fraction of sp³-hybridized carbons (Fsp3) is 0.0909. The molecule has 0 fully saturated rings. The van der Waals surface area contributed by atoms with Crippen molar-refractivity contribution in [1.82, 2.24) is 5.32 Å². The van der Waals surface area contributed by atoms with Gasteiger partial charge in [0, 0.05) is 13.1 Å². The van der Waals surface area contributed by atoms with E-state index in [0.717, 1.165) is 0 Å². The van der Waals surface area contributed by atoms with Crippen LogP contribution in [-0.4, -0.2) is 25.8 Å². The van der Waals surface area contributed by atoms with E-state index in [-0.39, 0.29) is 10.7 Å². The normalized spacial score (nSPS) is 11.0. The molecule has 0 radical (unpaired) electrons. The highest BCUT2D eigenvalue weighted by Gasteiger charge is 2.20. The van der Waals surface area contributed by atoms with Crippen molar-refractivity contribution in [2.75, 3.05) is 14.2 Å². The molecule has 3 aromatic rings. The van der Waals surface area contributed by atoms with E-state index >= 15 is 0 Å². The van der Waals surface area contributed by atoms with Crippen LogP contribution in [0.5, 0.6) is 23.0 Å². The standard InChI is InChI=1S/C22H18Cl2N2O4/c1-25-22(27)21(26-28-2)15-10-6-7-11-18(15)30-20-13-19(16(23)12-17(20)24)29-14-8-4-3-5-9-14/h3-13H,1-2H3,(H,25,27). The van der Waals surface area contributed by atoms with Gasteiger partial charge in [-0.3, -0.25) is 4.79 Å². The fourth-order valence-corrected chi connectivity index (χ4v) is 3.04. The van der Waals surface area contributed by atoms with Crippen LogP contribution in [0, 0.1) is 0 Å². The Morgan fingerprint density at radius 2 is 1.50 bits per heavy atom. The molecule has 0 spiro atoms. The molecular formula is C22H18Cl2N2O4. The average Bonchev–Trinajstić information content (AvgIpc) is 2.76. The van der Waals surface area contributed by atoms with Crippen molar-refractivity contribution in [3.8, 4) is 23.0 Å². The molecule has 8 heteroatoms. The molecule has 0 aromatic heterocycles. The summed E-state index contributed by atoms with van der Waals surface area (Å²) >= 11 is 12.6. The van der Waals surface area contributed by atoms with Crippen LogP contribution >= 0.6 is 23.2 Å². The number of hydrogen-bond acceptors (Lipinski definition) is 5. The third kappa shape index (κ3) is 5.03. The highest BCUT2D eigenvalue weighted by Crippen LogP contribution is 2.40. The summed E-state index contributed by atoms with van der Waals surface area (Å²) in [5.74, 6) is 1.21. The minimum atomic E-state index is -0.428. The number of oxime groups is 1. The van der Waals surface area contributed by atoms with E-state index in [1.54, 1.807) is 42.5 Å². The van der Waals surface area contributed by atoms with Gasteiger partial charge in [-0.05, 0) is 30.3 Å². The lowest BCUT2D eigenvalue weighted by molar-refractivity contribution is -0.114. The summed E-state index contributed by atoms with van der Waals surface area (Å²) in [7, 11) is 2.86. The van der Waals surface area contributed by atoms with Crippen molar-refractivity contribution < 1.29 is 19.1 Å². The third-order valence-electron chi connectivity index (χ3n) is 3.94. The van der Waals surface area contributed by atoms with E-state index in [0.29, 0.717) is 33.6 Å². The van der Waals surface area contributed by atoms with Gasteiger partial charge >= 0.3 is 0 Å². The number of halogens is 2. The number of benzene rings is 3. The molecule has 0 saturated heterocycles. The Balaban J connectivity index is 1.98. The van der Waals surface area contributed by atoms with E-state index in [9.17, 15) is 4.79 Å². The molecule has 0 aliphatic rings. The van der Waals surface area contributed by atoms with E-state index < -0.39 is 5.91 Å². The molecule has 0 aliphatic carbocycles. The van der Waals surface area contributed by atoms with Crippen LogP contribution in [0.15, 0.2) is 71.9 Å². The number of nitrogens with zero attached hydrogens (tertiary/aromatic N) is 1. The molecule has 6 nitrogen and oxygen atoms in total. The first-order valence-electron chi connectivity index (χ1n) is 8.86. The molecule has 1 amide bonds. The number of carbonyl (C=O) groups excluding carboxylic acids is 1. The number of ether oxygens (including phenoxy) is 2. The van der Waals surface area contributed by atoms with Gasteiger partial charge in [0.2, 0.25) is 0 Å². The van der Waals surface area contributed by atoms with E-state index in [1.807, 2.05) is 18.2 Å². The Hall–Kier alpha value is -3.22. The van der Waals surface area contributed by atoms with Gasteiger partial charge in [-0.15, -0.1) is 0 Å². The van der Waals surface area contributed by atoms with Gasteiger partial charge < -0.3 is 19.6 Å². The van der Waals surface area contributed by atoms with E-state index in [4.69, 9.17) is 37.5 Å². The number of carbonyl (C=O) groups is 1. The maximum atomic E-state index is 12.2. The number of rotatable bonds is 7. The van der Waals surface area contributed by atoms with Crippen LogP contribution in [0.2, 0.25) is 10.0 Å². The zero-order valence-electron chi connectivity index (χ0n) is 16.2. The smallest absolute Gasteiger partial charge is 0.273 e. The summed E-state index contributed by atoms with van der Waals surface area (Å²) in [6.45, 7) is 0. The molecule has 3 rings (SSSR count). The van der Waals surface area contributed by atoms with Crippen molar-refractivity contribution in [3.05, 3.63) is 82.3 Å². The summed E-state index contributed by atoms with van der Waals surface area (Å²) in [5.41, 5.74) is 0.483. The molecule has 0 heterocycles. The maximum Gasteiger partial charge on any atom is 0.273 e. The first kappa shape index (κ1) is 21.5. The maximum absolute atomic E-state index is 12.2. The summed E-state index contributed by atoms with van der Waals surface area (Å²) in [4.78, 5) is 17.1. The number of likely N-dealkylation sites (N-methyl/N-ethyl adjacent to an activating group) is 1. The zero-order valence-corrected chi connectivity index (χ0v) is 17.7. The van der Waals surface area contributed by atoms with Crippen molar-refractivity contribution in [3.63, 3.8) is 0 Å². The zero-order chi connectivity index (χ0) is 21.5. The molecular weight excluding hydrogens is 427 g/mol. The minimum absolute atomic E-state index is 0.0569. The fourth-order valence-electron chi connectivity index (χ4n) is 2.57. The number of para-hydroxylation sites is 2. The summed E-state index contributed by atoms with van der Waals surface area (Å²) in [5, 5.41) is 6.96. The first-order chi connectivity index (χ1) is 14.5. The Labute approximate surface area is 184 Å². The molecule has 154 valence electrons. The molecule has 30 heavy (non-hydrogen) atoms. The van der Waals surface area contributed by atoms with Crippen molar-refractivity contribution in [1.29, 1.82) is 0 Å². The molecule has 0 saturated carbocycles. The third-order valence-corrected chi connectivity index (χ3v) is 4.53. The average molecular weight is 445 g/mol.